The largest absolute Gasteiger partial charge is 0.480 e. The quantitative estimate of drug-likeness (QED) is 0.385. The summed E-state index contributed by atoms with van der Waals surface area (Å²) in [6, 6.07) is -0.955. The zero-order chi connectivity index (χ0) is 9.30. The highest BCUT2D eigenvalue weighted by Gasteiger charge is 2.38. The molecule has 0 spiro atoms. The third kappa shape index (κ3) is 1.57. The van der Waals surface area contributed by atoms with Gasteiger partial charge in [-0.3, -0.25) is 10.1 Å². The fourth-order valence-electron chi connectivity index (χ4n) is 1.32. The highest BCUT2D eigenvalue weighted by molar-refractivity contribution is 5.74. The van der Waals surface area contributed by atoms with Crippen molar-refractivity contribution < 1.29 is 20.1 Å². The Morgan fingerprint density at radius 3 is 2.58 bits per heavy atom. The van der Waals surface area contributed by atoms with E-state index in [0.29, 0.717) is 0 Å². The van der Waals surface area contributed by atoms with Crippen molar-refractivity contribution >= 4 is 5.97 Å². The first kappa shape index (κ1) is 9.44. The number of rotatable bonds is 1. The van der Waals surface area contributed by atoms with Gasteiger partial charge < -0.3 is 15.3 Å². The van der Waals surface area contributed by atoms with Crippen LogP contribution in [0.1, 0.15) is 6.92 Å². The van der Waals surface area contributed by atoms with Gasteiger partial charge in [0.15, 0.2) is 0 Å². The molecule has 1 aliphatic rings. The van der Waals surface area contributed by atoms with Crippen LogP contribution in [0.5, 0.6) is 0 Å². The number of nitrogens with one attached hydrogen (secondary N) is 1. The lowest BCUT2D eigenvalue weighted by atomic mass is 9.89. The smallest absolute Gasteiger partial charge is 0.323 e. The molecule has 5 heteroatoms. The third-order valence-electron chi connectivity index (χ3n) is 2.30. The Morgan fingerprint density at radius 1 is 1.50 bits per heavy atom. The maximum atomic E-state index is 10.5. The number of carbonyl (C=O) groups is 1. The van der Waals surface area contributed by atoms with E-state index in [-0.39, 0.29) is 6.54 Å². The van der Waals surface area contributed by atoms with Crippen LogP contribution in [0.3, 0.4) is 0 Å². The predicted octanol–water partition coefficient (Wildman–Crippen LogP) is -1.60. The van der Waals surface area contributed by atoms with E-state index in [1.54, 1.807) is 6.92 Å². The summed E-state index contributed by atoms with van der Waals surface area (Å²) in [6.07, 6.45) is -1.69. The summed E-state index contributed by atoms with van der Waals surface area (Å²) in [5.74, 6) is -1.48. The average molecular weight is 175 g/mol. The maximum absolute atomic E-state index is 10.5. The normalized spacial score (nSPS) is 42.6. The van der Waals surface area contributed by atoms with E-state index in [4.69, 9.17) is 5.11 Å². The van der Waals surface area contributed by atoms with Crippen LogP contribution >= 0.6 is 0 Å². The van der Waals surface area contributed by atoms with Crippen LogP contribution in [0.2, 0.25) is 0 Å². The molecule has 0 bridgehead atoms. The van der Waals surface area contributed by atoms with E-state index in [9.17, 15) is 15.0 Å². The van der Waals surface area contributed by atoms with Crippen molar-refractivity contribution in [2.24, 2.45) is 5.92 Å². The zero-order valence-electron chi connectivity index (χ0n) is 6.77. The molecule has 70 valence electrons. The fraction of sp³-hybridized carbons (Fsp3) is 0.857. The van der Waals surface area contributed by atoms with E-state index in [0.717, 1.165) is 0 Å². The van der Waals surface area contributed by atoms with E-state index < -0.39 is 30.1 Å². The van der Waals surface area contributed by atoms with E-state index in [2.05, 4.69) is 5.32 Å². The van der Waals surface area contributed by atoms with Gasteiger partial charge in [0, 0.05) is 12.5 Å². The van der Waals surface area contributed by atoms with Gasteiger partial charge in [0.1, 0.15) is 6.04 Å². The summed E-state index contributed by atoms with van der Waals surface area (Å²) >= 11 is 0. The Morgan fingerprint density at radius 2 is 2.08 bits per heavy atom. The Labute approximate surface area is 70.0 Å². The molecule has 0 saturated carbocycles. The molecular formula is C7H13NO4. The van der Waals surface area contributed by atoms with Crippen molar-refractivity contribution in [3.63, 3.8) is 0 Å². The molecule has 1 fully saturated rings. The average Bonchev–Trinajstić information content (AvgIpc) is 2.00. The van der Waals surface area contributed by atoms with E-state index >= 15 is 0 Å². The van der Waals surface area contributed by atoms with Gasteiger partial charge in [0.2, 0.25) is 0 Å². The number of hydrogen-bond donors (Lipinski definition) is 4. The second kappa shape index (κ2) is 3.38. The maximum Gasteiger partial charge on any atom is 0.323 e. The first-order valence-electron chi connectivity index (χ1n) is 3.86. The third-order valence-corrected chi connectivity index (χ3v) is 2.30. The Balaban J connectivity index is 2.65. The van der Waals surface area contributed by atoms with Gasteiger partial charge in [-0.05, 0) is 0 Å². The lowest BCUT2D eigenvalue weighted by Gasteiger charge is -2.34. The van der Waals surface area contributed by atoms with Crippen LogP contribution in [-0.2, 0) is 4.79 Å². The van der Waals surface area contributed by atoms with E-state index in [1.807, 2.05) is 0 Å². The number of aliphatic carboxylic acids is 1. The molecule has 12 heavy (non-hydrogen) atoms. The summed E-state index contributed by atoms with van der Waals surface area (Å²) in [7, 11) is 0. The first-order valence-corrected chi connectivity index (χ1v) is 3.86. The molecule has 0 radical (unpaired) electrons. The second-order valence-corrected chi connectivity index (χ2v) is 3.14. The minimum absolute atomic E-state index is 0.217. The molecular weight excluding hydrogens is 162 g/mol. The van der Waals surface area contributed by atoms with Crippen LogP contribution in [0.4, 0.5) is 0 Å². The van der Waals surface area contributed by atoms with Gasteiger partial charge in [0.25, 0.3) is 0 Å². The lowest BCUT2D eigenvalue weighted by molar-refractivity contribution is -0.147. The van der Waals surface area contributed by atoms with Crippen molar-refractivity contribution in [1.82, 2.24) is 5.32 Å². The fourth-order valence-corrected chi connectivity index (χ4v) is 1.32. The Bertz CT molecular complexity index is 184. The molecule has 1 heterocycles. The number of hydrogen-bond acceptors (Lipinski definition) is 4. The van der Waals surface area contributed by atoms with Crippen molar-refractivity contribution in [3.8, 4) is 0 Å². The molecule has 0 aliphatic carbocycles. The van der Waals surface area contributed by atoms with E-state index in [1.165, 1.54) is 0 Å². The van der Waals surface area contributed by atoms with Crippen LogP contribution in [0, 0.1) is 5.92 Å². The highest BCUT2D eigenvalue weighted by atomic mass is 16.4. The van der Waals surface area contributed by atoms with Gasteiger partial charge in [-0.15, -0.1) is 0 Å². The monoisotopic (exact) mass is 175 g/mol. The first-order chi connectivity index (χ1) is 5.54. The minimum atomic E-state index is -1.08. The SMILES string of the molecule is C[C@H]1[C@H](O)[C@@H](C(=O)O)NC[C@@H]1O. The molecule has 1 saturated heterocycles. The summed E-state index contributed by atoms with van der Waals surface area (Å²) in [5.41, 5.74) is 0. The summed E-state index contributed by atoms with van der Waals surface area (Å²) < 4.78 is 0. The Kier molecular flexibility index (Phi) is 2.66. The Hall–Kier alpha value is -0.650. The van der Waals surface area contributed by atoms with Gasteiger partial charge in [0.05, 0.1) is 12.2 Å². The van der Waals surface area contributed by atoms with Crippen molar-refractivity contribution in [3.05, 3.63) is 0 Å². The molecule has 0 aromatic heterocycles. The lowest BCUT2D eigenvalue weighted by Crippen LogP contribution is -2.58. The zero-order valence-corrected chi connectivity index (χ0v) is 6.77. The molecule has 4 atom stereocenters. The molecule has 0 aromatic rings. The number of β-amino-alcohol motifs (C(OH)–C–C–N with tert-alkyl or cyclic N) is 1. The van der Waals surface area contributed by atoms with Crippen LogP contribution < -0.4 is 5.32 Å². The molecule has 0 aromatic carbocycles. The van der Waals surface area contributed by atoms with Gasteiger partial charge in [-0.25, -0.2) is 0 Å². The molecule has 1 rings (SSSR count). The van der Waals surface area contributed by atoms with Crippen molar-refractivity contribution in [1.29, 1.82) is 0 Å². The standard InChI is InChI=1S/C7H13NO4/c1-3-4(9)2-8-5(6(3)10)7(11)12/h3-6,8-10H,2H2,1H3,(H,11,12)/t3-,4+,5+,6+/m1/s1. The molecule has 0 amide bonds. The van der Waals surface area contributed by atoms with Gasteiger partial charge in [-0.1, -0.05) is 6.92 Å². The number of piperidine rings is 1. The highest BCUT2D eigenvalue weighted by Crippen LogP contribution is 2.16. The topological polar surface area (TPSA) is 89.8 Å². The number of carboxylic acids is 1. The van der Waals surface area contributed by atoms with Crippen LogP contribution in [-0.4, -0.2) is 46.1 Å². The van der Waals surface area contributed by atoms with Crippen LogP contribution in [0.25, 0.3) is 0 Å². The van der Waals surface area contributed by atoms with Gasteiger partial charge in [-0.2, -0.15) is 0 Å². The van der Waals surface area contributed by atoms with Crippen molar-refractivity contribution in [2.45, 2.75) is 25.2 Å². The van der Waals surface area contributed by atoms with Gasteiger partial charge >= 0.3 is 5.97 Å². The molecule has 1 aliphatic heterocycles. The molecule has 0 unspecified atom stereocenters. The van der Waals surface area contributed by atoms with Crippen molar-refractivity contribution in [2.75, 3.05) is 6.54 Å². The summed E-state index contributed by atoms with van der Waals surface area (Å²) in [4.78, 5) is 10.5. The summed E-state index contributed by atoms with van der Waals surface area (Å²) in [6.45, 7) is 1.85. The molecule has 4 N–H and O–H groups in total. The van der Waals surface area contributed by atoms with Crippen LogP contribution in [0.15, 0.2) is 0 Å². The molecule has 5 nitrogen and oxygen atoms in total. The number of carboxylic acid groups (broad SMARTS) is 1. The predicted molar refractivity (Wildman–Crippen MR) is 40.6 cm³/mol. The second-order valence-electron chi connectivity index (χ2n) is 3.14. The number of aliphatic hydroxyl groups excluding tert-OH is 2. The number of aliphatic hydroxyl groups is 2. The minimum Gasteiger partial charge on any atom is -0.480 e. The summed E-state index contributed by atoms with van der Waals surface area (Å²) in [5, 5.41) is 29.8.